The number of amides is 1. The number of benzene rings is 1. The lowest BCUT2D eigenvalue weighted by Crippen LogP contribution is -2.25. The van der Waals surface area contributed by atoms with Gasteiger partial charge in [0.2, 0.25) is 5.91 Å². The molecule has 1 rings (SSSR count). The molecule has 0 aromatic heterocycles. The van der Waals surface area contributed by atoms with Crippen molar-refractivity contribution in [3.05, 3.63) is 34.4 Å². The van der Waals surface area contributed by atoms with Gasteiger partial charge in [-0.2, -0.15) is 0 Å². The molecule has 0 saturated carbocycles. The van der Waals surface area contributed by atoms with Crippen LogP contribution in [-0.2, 0) is 25.8 Å². The monoisotopic (exact) mass is 339 g/mol. The second-order valence-electron chi connectivity index (χ2n) is 7.13. The molecule has 0 fully saturated rings. The Bertz CT molecular complexity index is 647. The summed E-state index contributed by atoms with van der Waals surface area (Å²) in [5.41, 5.74) is 4.09. The van der Waals surface area contributed by atoms with Gasteiger partial charge in [0.25, 0.3) is 0 Å². The average Bonchev–Trinajstić information content (AvgIpc) is 2.40. The fourth-order valence-electron chi connectivity index (χ4n) is 2.48. The van der Waals surface area contributed by atoms with Gasteiger partial charge in [-0.15, -0.1) is 0 Å². The first-order chi connectivity index (χ1) is 10.5. The molecule has 130 valence electrons. The van der Waals surface area contributed by atoms with Crippen LogP contribution in [0.15, 0.2) is 12.1 Å². The van der Waals surface area contributed by atoms with Crippen LogP contribution in [0.4, 0.5) is 0 Å². The number of nitrogens with one attached hydrogen (secondary N) is 1. The van der Waals surface area contributed by atoms with Crippen LogP contribution in [0.2, 0.25) is 0 Å². The molecule has 1 aromatic carbocycles. The molecule has 0 heterocycles. The summed E-state index contributed by atoms with van der Waals surface area (Å²) in [6.45, 7) is 12.7. The topological polar surface area (TPSA) is 63.2 Å². The van der Waals surface area contributed by atoms with Crippen molar-refractivity contribution < 1.29 is 13.2 Å². The largest absolute Gasteiger partial charge is 0.356 e. The number of hydrogen-bond donors (Lipinski definition) is 1. The number of carbonyl (C=O) groups excluding carboxylic acids is 1. The molecule has 0 spiro atoms. The first kappa shape index (κ1) is 19.7. The zero-order valence-corrected chi connectivity index (χ0v) is 15.9. The summed E-state index contributed by atoms with van der Waals surface area (Å²) in [5, 5.41) is 2.63. The van der Waals surface area contributed by atoms with Gasteiger partial charge in [-0.3, -0.25) is 4.79 Å². The van der Waals surface area contributed by atoms with E-state index in [4.69, 9.17) is 0 Å². The highest BCUT2D eigenvalue weighted by molar-refractivity contribution is 7.90. The van der Waals surface area contributed by atoms with Crippen molar-refractivity contribution in [2.75, 3.05) is 12.3 Å². The lowest BCUT2D eigenvalue weighted by atomic mass is 9.84. The molecule has 0 aliphatic carbocycles. The molecule has 0 saturated heterocycles. The van der Waals surface area contributed by atoms with Gasteiger partial charge in [-0.25, -0.2) is 8.42 Å². The Labute approximate surface area is 140 Å². The van der Waals surface area contributed by atoms with E-state index in [1.807, 2.05) is 20.8 Å². The summed E-state index contributed by atoms with van der Waals surface area (Å²) in [7, 11) is -3.30. The van der Waals surface area contributed by atoms with Gasteiger partial charge in [0.15, 0.2) is 9.84 Å². The quantitative estimate of drug-likeness (QED) is 0.866. The van der Waals surface area contributed by atoms with Crippen molar-refractivity contribution >= 4 is 15.7 Å². The second-order valence-corrected chi connectivity index (χ2v) is 9.32. The minimum atomic E-state index is -3.30. The van der Waals surface area contributed by atoms with E-state index < -0.39 is 9.84 Å². The highest BCUT2D eigenvalue weighted by Crippen LogP contribution is 2.27. The minimum Gasteiger partial charge on any atom is -0.356 e. The smallest absolute Gasteiger partial charge is 0.221 e. The Morgan fingerprint density at radius 3 is 2.09 bits per heavy atom. The van der Waals surface area contributed by atoms with Crippen LogP contribution in [0.3, 0.4) is 0 Å². The third kappa shape index (κ3) is 5.98. The second kappa shape index (κ2) is 7.47. The van der Waals surface area contributed by atoms with Crippen molar-refractivity contribution in [3.63, 3.8) is 0 Å². The molecule has 0 atom stereocenters. The zero-order valence-electron chi connectivity index (χ0n) is 15.1. The van der Waals surface area contributed by atoms with Gasteiger partial charge < -0.3 is 5.32 Å². The van der Waals surface area contributed by atoms with Crippen LogP contribution >= 0.6 is 0 Å². The lowest BCUT2D eigenvalue weighted by Gasteiger charge is -2.22. The van der Waals surface area contributed by atoms with Crippen LogP contribution < -0.4 is 5.32 Å². The minimum absolute atomic E-state index is 0.00546. The molecule has 4 nitrogen and oxygen atoms in total. The molecule has 0 radical (unpaired) electrons. The lowest BCUT2D eigenvalue weighted by molar-refractivity contribution is -0.120. The molecule has 0 aliphatic rings. The number of rotatable bonds is 6. The van der Waals surface area contributed by atoms with Gasteiger partial charge in [0.05, 0.1) is 11.5 Å². The first-order valence-corrected chi connectivity index (χ1v) is 9.86. The molecule has 23 heavy (non-hydrogen) atoms. The van der Waals surface area contributed by atoms with E-state index in [1.54, 1.807) is 0 Å². The van der Waals surface area contributed by atoms with Crippen molar-refractivity contribution in [2.45, 2.75) is 59.1 Å². The molecule has 5 heteroatoms. The molecular weight excluding hydrogens is 310 g/mol. The predicted molar refractivity (Wildman–Crippen MR) is 95.4 cm³/mol. The van der Waals surface area contributed by atoms with Crippen molar-refractivity contribution in [1.82, 2.24) is 5.32 Å². The Morgan fingerprint density at radius 2 is 1.65 bits per heavy atom. The molecular formula is C18H29NO3S. The highest BCUT2D eigenvalue weighted by atomic mass is 32.2. The van der Waals surface area contributed by atoms with Crippen molar-refractivity contribution in [3.8, 4) is 0 Å². The van der Waals surface area contributed by atoms with E-state index in [9.17, 15) is 13.2 Å². The summed E-state index contributed by atoms with van der Waals surface area (Å²) in [5.74, 6) is -0.333. The number of carbonyl (C=O) groups is 1. The molecule has 0 bridgehead atoms. The fourth-order valence-corrected chi connectivity index (χ4v) is 4.02. The number of aryl methyl sites for hydroxylation is 2. The van der Waals surface area contributed by atoms with Gasteiger partial charge >= 0.3 is 0 Å². The third-order valence-corrected chi connectivity index (χ3v) is 5.50. The van der Waals surface area contributed by atoms with E-state index in [0.29, 0.717) is 6.54 Å². The molecule has 0 aliphatic heterocycles. The van der Waals surface area contributed by atoms with E-state index in [2.05, 4.69) is 38.2 Å². The SMILES string of the molecule is CCNC(=O)CCS(=O)(=O)Cc1c(C)cc(C(C)(C)C)cc1C. The first-order valence-electron chi connectivity index (χ1n) is 8.04. The van der Waals surface area contributed by atoms with Gasteiger partial charge in [-0.05, 0) is 48.4 Å². The van der Waals surface area contributed by atoms with Crippen LogP contribution in [0.25, 0.3) is 0 Å². The summed E-state index contributed by atoms with van der Waals surface area (Å²) < 4.78 is 24.6. The summed E-state index contributed by atoms with van der Waals surface area (Å²) in [6, 6.07) is 4.14. The van der Waals surface area contributed by atoms with E-state index in [-0.39, 0.29) is 29.2 Å². The maximum Gasteiger partial charge on any atom is 0.221 e. The van der Waals surface area contributed by atoms with Crippen LogP contribution in [0, 0.1) is 13.8 Å². The average molecular weight is 340 g/mol. The maximum atomic E-state index is 12.3. The van der Waals surface area contributed by atoms with Crippen molar-refractivity contribution in [1.29, 1.82) is 0 Å². The number of hydrogen-bond acceptors (Lipinski definition) is 3. The Hall–Kier alpha value is -1.36. The normalized spacial score (nSPS) is 12.3. The Morgan fingerprint density at radius 1 is 1.13 bits per heavy atom. The van der Waals surface area contributed by atoms with Crippen LogP contribution in [0.5, 0.6) is 0 Å². The van der Waals surface area contributed by atoms with E-state index in [0.717, 1.165) is 16.7 Å². The standard InChI is InChI=1S/C18H29NO3S/c1-7-19-17(20)8-9-23(21,22)12-16-13(2)10-15(11-14(16)3)18(4,5)6/h10-11H,7-9,12H2,1-6H3,(H,19,20). The summed E-state index contributed by atoms with van der Waals surface area (Å²) in [6.07, 6.45) is 0.0222. The van der Waals surface area contributed by atoms with Gasteiger partial charge in [-0.1, -0.05) is 32.9 Å². The predicted octanol–water partition coefficient (Wildman–Crippen LogP) is 3.04. The molecule has 0 unspecified atom stereocenters. The summed E-state index contributed by atoms with van der Waals surface area (Å²) >= 11 is 0. The highest BCUT2D eigenvalue weighted by Gasteiger charge is 2.20. The van der Waals surface area contributed by atoms with E-state index >= 15 is 0 Å². The molecule has 1 aromatic rings. The molecule has 1 N–H and O–H groups in total. The number of sulfone groups is 1. The van der Waals surface area contributed by atoms with E-state index in [1.165, 1.54) is 5.56 Å². The van der Waals surface area contributed by atoms with Crippen molar-refractivity contribution in [2.24, 2.45) is 0 Å². The fraction of sp³-hybridized carbons (Fsp3) is 0.611. The van der Waals surface area contributed by atoms with Gasteiger partial charge in [0.1, 0.15) is 0 Å². The zero-order chi connectivity index (χ0) is 17.8. The maximum absolute atomic E-state index is 12.3. The third-order valence-electron chi connectivity index (χ3n) is 3.94. The Kier molecular flexibility index (Phi) is 6.40. The van der Waals surface area contributed by atoms with Crippen LogP contribution in [-0.4, -0.2) is 26.6 Å². The Balaban J connectivity index is 2.94. The summed E-state index contributed by atoms with van der Waals surface area (Å²) in [4.78, 5) is 11.5. The molecule has 1 amide bonds. The van der Waals surface area contributed by atoms with Crippen LogP contribution in [0.1, 0.15) is 56.4 Å². The van der Waals surface area contributed by atoms with Gasteiger partial charge in [0, 0.05) is 13.0 Å².